The number of nitrogens with two attached hydrogens (primary N) is 2. The fourth-order valence-electron chi connectivity index (χ4n) is 2.99. The minimum absolute atomic E-state index is 0.0268. The summed E-state index contributed by atoms with van der Waals surface area (Å²) >= 11 is 0. The second-order valence-electron chi connectivity index (χ2n) is 8.05. The highest BCUT2D eigenvalue weighted by atomic mass is 16.4. The first-order valence-corrected chi connectivity index (χ1v) is 10.8. The van der Waals surface area contributed by atoms with Gasteiger partial charge in [-0.15, -0.1) is 0 Å². The van der Waals surface area contributed by atoms with E-state index in [9.17, 15) is 24.3 Å². The van der Waals surface area contributed by atoms with E-state index in [0.717, 1.165) is 0 Å². The number of hydrogen-bond acceptors (Lipinski definition) is 8. The maximum Gasteiger partial charge on any atom is 0.326 e. The van der Waals surface area contributed by atoms with Crippen LogP contribution in [0.25, 0.3) is 0 Å². The Hall–Kier alpha value is -3.03. The van der Waals surface area contributed by atoms with Crippen LogP contribution in [0.2, 0.25) is 0 Å². The predicted molar refractivity (Wildman–Crippen MR) is 119 cm³/mol. The van der Waals surface area contributed by atoms with Crippen molar-refractivity contribution in [2.75, 3.05) is 13.2 Å². The Bertz CT molecular complexity index is 771. The molecule has 10 N–H and O–H groups in total. The number of aliphatic carboxylic acids is 1. The van der Waals surface area contributed by atoms with E-state index in [4.69, 9.17) is 16.6 Å². The van der Waals surface area contributed by atoms with Gasteiger partial charge in [-0.3, -0.25) is 14.4 Å². The molecule has 1 aromatic heterocycles. The van der Waals surface area contributed by atoms with Crippen LogP contribution in [-0.2, 0) is 25.6 Å². The van der Waals surface area contributed by atoms with Gasteiger partial charge in [-0.2, -0.15) is 0 Å². The van der Waals surface area contributed by atoms with Crippen molar-refractivity contribution in [1.82, 2.24) is 25.9 Å². The summed E-state index contributed by atoms with van der Waals surface area (Å²) in [6, 6.07) is -4.52. The van der Waals surface area contributed by atoms with E-state index >= 15 is 0 Å². The predicted octanol–water partition coefficient (Wildman–Crippen LogP) is -2.40. The van der Waals surface area contributed by atoms with Crippen molar-refractivity contribution < 1.29 is 29.4 Å². The Morgan fingerprint density at radius 3 is 2.24 bits per heavy atom. The number of carbonyl (C=O) groups is 4. The van der Waals surface area contributed by atoms with Gasteiger partial charge in [0.15, 0.2) is 0 Å². The van der Waals surface area contributed by atoms with E-state index in [1.807, 2.05) is 0 Å². The number of rotatable bonds is 15. The largest absolute Gasteiger partial charge is 0.480 e. The summed E-state index contributed by atoms with van der Waals surface area (Å²) in [6.45, 7) is 3.19. The third-order valence-corrected chi connectivity index (χ3v) is 4.95. The van der Waals surface area contributed by atoms with Crippen molar-refractivity contribution in [2.45, 2.75) is 63.7 Å². The molecule has 0 aliphatic heterocycles. The highest BCUT2D eigenvalue weighted by Gasteiger charge is 2.32. The molecule has 0 saturated heterocycles. The van der Waals surface area contributed by atoms with Gasteiger partial charge in [-0.1, -0.05) is 13.8 Å². The van der Waals surface area contributed by atoms with E-state index in [1.54, 1.807) is 13.8 Å². The second kappa shape index (κ2) is 14.2. The summed E-state index contributed by atoms with van der Waals surface area (Å²) in [5.41, 5.74) is 11.5. The molecule has 0 spiro atoms. The van der Waals surface area contributed by atoms with E-state index in [2.05, 4.69) is 25.9 Å². The third-order valence-electron chi connectivity index (χ3n) is 4.95. The number of amides is 3. The minimum Gasteiger partial charge on any atom is -0.480 e. The first kappa shape index (κ1) is 28.0. The molecule has 13 nitrogen and oxygen atoms in total. The molecule has 1 rings (SSSR count). The SMILES string of the molecule is CC(C)C(NC(=O)C(Cc1cnc[nH]1)NC(=O)C(N)CO)C(=O)NC(CCCCN)C(=O)O. The van der Waals surface area contributed by atoms with Crippen LogP contribution in [0.5, 0.6) is 0 Å². The lowest BCUT2D eigenvalue weighted by molar-refractivity contribution is -0.142. The Morgan fingerprint density at radius 2 is 1.73 bits per heavy atom. The van der Waals surface area contributed by atoms with Crippen LogP contribution in [0.3, 0.4) is 0 Å². The molecular formula is C20H35N7O6. The van der Waals surface area contributed by atoms with Gasteiger partial charge in [0.2, 0.25) is 17.7 Å². The molecule has 0 radical (unpaired) electrons. The highest BCUT2D eigenvalue weighted by molar-refractivity contribution is 5.94. The number of H-pyrrole nitrogens is 1. The number of nitrogens with one attached hydrogen (secondary N) is 4. The maximum absolute atomic E-state index is 13.0. The quantitative estimate of drug-likeness (QED) is 0.128. The fourth-order valence-corrected chi connectivity index (χ4v) is 2.99. The van der Waals surface area contributed by atoms with Gasteiger partial charge in [-0.05, 0) is 31.7 Å². The van der Waals surface area contributed by atoms with Crippen molar-refractivity contribution in [3.8, 4) is 0 Å². The number of aliphatic hydroxyl groups excluding tert-OH is 1. The zero-order chi connectivity index (χ0) is 25.0. The number of imidazole rings is 1. The first-order valence-electron chi connectivity index (χ1n) is 10.8. The summed E-state index contributed by atoms with van der Waals surface area (Å²) in [5.74, 6) is -3.63. The number of carbonyl (C=O) groups excluding carboxylic acids is 3. The summed E-state index contributed by atoms with van der Waals surface area (Å²) in [4.78, 5) is 56.2. The molecule has 0 saturated carbocycles. The van der Waals surface area contributed by atoms with Crippen LogP contribution in [0.4, 0.5) is 0 Å². The van der Waals surface area contributed by atoms with Crippen molar-refractivity contribution in [3.05, 3.63) is 18.2 Å². The van der Waals surface area contributed by atoms with Crippen molar-refractivity contribution in [1.29, 1.82) is 0 Å². The summed E-state index contributed by atoms with van der Waals surface area (Å²) in [5, 5.41) is 26.0. The number of aliphatic hydroxyl groups is 1. The van der Waals surface area contributed by atoms with Crippen LogP contribution in [-0.4, -0.2) is 81.2 Å². The van der Waals surface area contributed by atoms with Crippen molar-refractivity contribution >= 4 is 23.7 Å². The molecule has 0 aliphatic rings. The monoisotopic (exact) mass is 469 g/mol. The summed E-state index contributed by atoms with van der Waals surface area (Å²) in [7, 11) is 0. The Kier molecular flexibility index (Phi) is 12.0. The third kappa shape index (κ3) is 9.55. The number of unbranched alkanes of at least 4 members (excludes halogenated alkanes) is 1. The van der Waals surface area contributed by atoms with E-state index in [1.165, 1.54) is 12.5 Å². The molecule has 4 atom stereocenters. The van der Waals surface area contributed by atoms with Crippen LogP contribution in [0.15, 0.2) is 12.5 Å². The van der Waals surface area contributed by atoms with Gasteiger partial charge < -0.3 is 42.6 Å². The summed E-state index contributed by atoms with van der Waals surface area (Å²) < 4.78 is 0. The molecule has 13 heteroatoms. The topological polar surface area (TPSA) is 226 Å². The molecular weight excluding hydrogens is 434 g/mol. The second-order valence-corrected chi connectivity index (χ2v) is 8.05. The molecule has 1 heterocycles. The molecule has 1 aromatic rings. The summed E-state index contributed by atoms with van der Waals surface area (Å²) in [6.07, 6.45) is 4.26. The number of nitrogens with zero attached hydrogens (tertiary/aromatic N) is 1. The van der Waals surface area contributed by atoms with Crippen molar-refractivity contribution in [3.63, 3.8) is 0 Å². The lowest BCUT2D eigenvalue weighted by Crippen LogP contribution is -2.59. The number of carboxylic acid groups (broad SMARTS) is 1. The molecule has 0 aliphatic carbocycles. The smallest absolute Gasteiger partial charge is 0.326 e. The Balaban J connectivity index is 2.94. The highest BCUT2D eigenvalue weighted by Crippen LogP contribution is 2.08. The van der Waals surface area contributed by atoms with Gasteiger partial charge in [0.25, 0.3) is 0 Å². The lowest BCUT2D eigenvalue weighted by atomic mass is 10.0. The average Bonchev–Trinajstić information content (AvgIpc) is 3.28. The normalized spacial score (nSPS) is 14.7. The minimum atomic E-state index is -1.23. The number of aromatic nitrogens is 2. The maximum atomic E-state index is 13.0. The van der Waals surface area contributed by atoms with Crippen molar-refractivity contribution in [2.24, 2.45) is 17.4 Å². The Morgan fingerprint density at radius 1 is 1.06 bits per heavy atom. The molecule has 33 heavy (non-hydrogen) atoms. The number of aromatic amines is 1. The van der Waals surface area contributed by atoms with Gasteiger partial charge in [0.1, 0.15) is 24.2 Å². The zero-order valence-corrected chi connectivity index (χ0v) is 18.9. The molecule has 0 bridgehead atoms. The fraction of sp³-hybridized carbons (Fsp3) is 0.650. The van der Waals surface area contributed by atoms with Crippen LogP contribution < -0.4 is 27.4 Å². The standard InChI is InChI=1S/C20H35N7O6/c1-11(2)16(19(31)25-14(20(32)33)5-3-4-6-21)27-18(30)15(7-12-8-23-10-24-12)26-17(29)13(22)9-28/h8,10-11,13-16,28H,3-7,9,21-22H2,1-2H3,(H,23,24)(H,25,31)(H,26,29)(H,27,30)(H,32,33). The average molecular weight is 470 g/mol. The molecule has 0 fully saturated rings. The molecule has 3 amide bonds. The Labute approximate surface area is 192 Å². The molecule has 4 unspecified atom stereocenters. The van der Waals surface area contributed by atoms with Crippen LogP contribution in [0.1, 0.15) is 38.8 Å². The van der Waals surface area contributed by atoms with E-state index in [0.29, 0.717) is 25.1 Å². The van der Waals surface area contributed by atoms with Crippen LogP contribution >= 0.6 is 0 Å². The number of carboxylic acids is 1. The molecule has 0 aromatic carbocycles. The zero-order valence-electron chi connectivity index (χ0n) is 18.9. The van der Waals surface area contributed by atoms with Gasteiger partial charge >= 0.3 is 5.97 Å². The van der Waals surface area contributed by atoms with Crippen LogP contribution in [0, 0.1) is 5.92 Å². The lowest BCUT2D eigenvalue weighted by Gasteiger charge is -2.27. The van der Waals surface area contributed by atoms with Gasteiger partial charge in [-0.25, -0.2) is 9.78 Å². The van der Waals surface area contributed by atoms with Gasteiger partial charge in [0, 0.05) is 18.3 Å². The number of hydrogen-bond donors (Lipinski definition) is 8. The molecule has 186 valence electrons. The van der Waals surface area contributed by atoms with E-state index < -0.39 is 54.5 Å². The van der Waals surface area contributed by atoms with Gasteiger partial charge in [0.05, 0.1) is 12.9 Å². The van der Waals surface area contributed by atoms with E-state index in [-0.39, 0.29) is 18.8 Å². The first-order chi connectivity index (χ1) is 15.6.